The average molecular weight is 603 g/mol. The third-order valence-electron chi connectivity index (χ3n) is 7.82. The molecule has 3 rings (SSSR count). The van der Waals surface area contributed by atoms with E-state index in [1.807, 2.05) is 12.1 Å². The van der Waals surface area contributed by atoms with E-state index in [-0.39, 0.29) is 16.8 Å². The molecule has 0 saturated carbocycles. The Kier molecular flexibility index (Phi) is 11.4. The molecule has 1 saturated heterocycles. The molecule has 2 aromatic carbocycles. The summed E-state index contributed by atoms with van der Waals surface area (Å²) < 4.78 is 46.7. The molecule has 10 heteroatoms. The van der Waals surface area contributed by atoms with Crippen molar-refractivity contribution in [2.75, 3.05) is 18.1 Å². The van der Waals surface area contributed by atoms with Gasteiger partial charge in [0, 0.05) is 18.6 Å². The van der Waals surface area contributed by atoms with Gasteiger partial charge in [-0.15, -0.1) is 0 Å². The number of nitrogens with zero attached hydrogens (tertiary/aromatic N) is 3. The molecule has 1 fully saturated rings. The van der Waals surface area contributed by atoms with Crippen molar-refractivity contribution in [1.29, 1.82) is 5.26 Å². The summed E-state index contributed by atoms with van der Waals surface area (Å²) in [5.74, 6) is 0.390. The Morgan fingerprint density at radius 2 is 1.81 bits per heavy atom. The van der Waals surface area contributed by atoms with Gasteiger partial charge in [0.05, 0.1) is 29.5 Å². The summed E-state index contributed by atoms with van der Waals surface area (Å²) >= 11 is 5.58. The molecule has 1 amide bonds. The van der Waals surface area contributed by atoms with Crippen molar-refractivity contribution in [1.82, 2.24) is 10.2 Å². The van der Waals surface area contributed by atoms with Gasteiger partial charge >= 0.3 is 6.18 Å². The lowest BCUT2D eigenvalue weighted by Gasteiger charge is -2.29. The molecule has 0 radical (unpaired) electrons. The number of amides is 1. The van der Waals surface area contributed by atoms with Crippen LogP contribution in [0.5, 0.6) is 5.75 Å². The quantitative estimate of drug-likeness (QED) is 0.176. The zero-order valence-corrected chi connectivity index (χ0v) is 25.9. The van der Waals surface area contributed by atoms with Crippen LogP contribution in [0.2, 0.25) is 0 Å². The van der Waals surface area contributed by atoms with Crippen molar-refractivity contribution >= 4 is 28.9 Å². The van der Waals surface area contributed by atoms with Crippen LogP contribution in [0, 0.1) is 11.3 Å². The first-order chi connectivity index (χ1) is 19.9. The van der Waals surface area contributed by atoms with E-state index in [1.165, 1.54) is 11.6 Å². The molecule has 1 heterocycles. The minimum absolute atomic E-state index is 0.00447. The van der Waals surface area contributed by atoms with Crippen molar-refractivity contribution in [2.24, 2.45) is 0 Å². The number of thiocarbonyl (C=S) groups is 1. The largest absolute Gasteiger partial charge is 0.494 e. The van der Waals surface area contributed by atoms with E-state index in [0.717, 1.165) is 48.5 Å². The SMILES string of the molecule is CCC[C@@H](NC(CC)CC)c1cccc(OCCCCN2C(=S)N(c3ccc(C#N)c(C(F)(F)F)c3)C(=O)C2(C)C)c1. The highest BCUT2D eigenvalue weighted by Gasteiger charge is 2.49. The highest BCUT2D eigenvalue weighted by atomic mass is 32.1. The molecular weight excluding hydrogens is 561 g/mol. The number of nitriles is 1. The van der Waals surface area contributed by atoms with Gasteiger partial charge in [-0.05, 0) is 94.1 Å². The van der Waals surface area contributed by atoms with Crippen LogP contribution in [0.25, 0.3) is 0 Å². The Balaban J connectivity index is 1.62. The van der Waals surface area contributed by atoms with Crippen LogP contribution in [0.4, 0.5) is 18.9 Å². The van der Waals surface area contributed by atoms with E-state index in [9.17, 15) is 18.0 Å². The number of unbranched alkanes of at least 4 members (excludes halogenated alkanes) is 1. The summed E-state index contributed by atoms with van der Waals surface area (Å²) in [4.78, 5) is 16.2. The van der Waals surface area contributed by atoms with Gasteiger partial charge in [-0.1, -0.05) is 39.3 Å². The summed E-state index contributed by atoms with van der Waals surface area (Å²) in [5.41, 5.74) is -1.43. The minimum atomic E-state index is -4.74. The summed E-state index contributed by atoms with van der Waals surface area (Å²) in [7, 11) is 0. The molecule has 0 unspecified atom stereocenters. The van der Waals surface area contributed by atoms with Crippen LogP contribution in [-0.4, -0.2) is 40.7 Å². The third kappa shape index (κ3) is 7.61. The highest BCUT2D eigenvalue weighted by molar-refractivity contribution is 7.80. The first kappa shape index (κ1) is 33.3. The van der Waals surface area contributed by atoms with Crippen LogP contribution >= 0.6 is 12.2 Å². The van der Waals surface area contributed by atoms with Crippen LogP contribution in [0.1, 0.15) is 95.9 Å². The van der Waals surface area contributed by atoms with Crippen LogP contribution in [0.15, 0.2) is 42.5 Å². The molecule has 1 aliphatic heterocycles. The Hall–Kier alpha value is -3.16. The number of ether oxygens (including phenoxy) is 1. The predicted octanol–water partition coefficient (Wildman–Crippen LogP) is 7.77. The number of hydrogen-bond donors (Lipinski definition) is 1. The number of halogens is 3. The van der Waals surface area contributed by atoms with E-state index in [4.69, 9.17) is 22.2 Å². The lowest BCUT2D eigenvalue weighted by molar-refractivity contribution is -0.137. The molecule has 1 aliphatic rings. The van der Waals surface area contributed by atoms with Gasteiger partial charge in [0.25, 0.3) is 5.91 Å². The normalized spacial score (nSPS) is 15.8. The van der Waals surface area contributed by atoms with Gasteiger partial charge in [0.2, 0.25) is 0 Å². The summed E-state index contributed by atoms with van der Waals surface area (Å²) in [6.45, 7) is 10.9. The molecule has 228 valence electrons. The van der Waals surface area contributed by atoms with E-state index in [2.05, 4.69) is 38.2 Å². The molecule has 1 N–H and O–H groups in total. The van der Waals surface area contributed by atoms with Crippen LogP contribution in [0.3, 0.4) is 0 Å². The fraction of sp³-hybridized carbons (Fsp3) is 0.531. The number of carbonyl (C=O) groups excluding carboxylic acids is 1. The van der Waals surface area contributed by atoms with Gasteiger partial charge in [-0.25, -0.2) is 0 Å². The van der Waals surface area contributed by atoms with Gasteiger partial charge in [-0.2, -0.15) is 18.4 Å². The number of anilines is 1. The number of benzene rings is 2. The third-order valence-corrected chi connectivity index (χ3v) is 8.22. The number of alkyl halides is 3. The summed E-state index contributed by atoms with van der Waals surface area (Å²) in [6.07, 6.45) is 0.910. The molecule has 1 atom stereocenters. The zero-order valence-electron chi connectivity index (χ0n) is 25.1. The van der Waals surface area contributed by atoms with E-state index in [0.29, 0.717) is 32.0 Å². The standard InChI is InChI=1S/C32H41F3N4O2S/c1-6-12-28(37-24(7-2)8-3)22-13-11-14-26(19-22)41-18-10-9-17-38-30(42)39(29(40)31(38,4)5)25-16-15-23(21-36)27(20-25)32(33,34)35/h11,13-16,19-20,24,28,37H,6-10,12,17-18H2,1-5H3/t28-/m1/s1. The van der Waals surface area contributed by atoms with Crippen molar-refractivity contribution < 1.29 is 22.7 Å². The fourth-order valence-electron chi connectivity index (χ4n) is 5.27. The van der Waals surface area contributed by atoms with E-state index < -0.39 is 28.7 Å². The maximum absolute atomic E-state index is 13.6. The number of rotatable bonds is 14. The zero-order chi connectivity index (χ0) is 31.1. The molecule has 42 heavy (non-hydrogen) atoms. The van der Waals surface area contributed by atoms with Crippen LogP contribution in [-0.2, 0) is 11.0 Å². The lowest BCUT2D eigenvalue weighted by Crippen LogP contribution is -2.44. The second kappa shape index (κ2) is 14.3. The van der Waals surface area contributed by atoms with Gasteiger partial charge < -0.3 is 15.0 Å². The van der Waals surface area contributed by atoms with E-state index >= 15 is 0 Å². The Labute approximate surface area is 252 Å². The Bertz CT molecular complexity index is 1290. The van der Waals surface area contributed by atoms with Crippen LogP contribution < -0.4 is 15.0 Å². The van der Waals surface area contributed by atoms with Gasteiger partial charge in [-0.3, -0.25) is 9.69 Å². The van der Waals surface area contributed by atoms with Gasteiger partial charge in [0.15, 0.2) is 5.11 Å². The summed E-state index contributed by atoms with van der Waals surface area (Å²) in [6, 6.07) is 13.7. The highest BCUT2D eigenvalue weighted by Crippen LogP contribution is 2.38. The van der Waals surface area contributed by atoms with Crippen molar-refractivity contribution in [2.45, 2.75) is 96.9 Å². The summed E-state index contributed by atoms with van der Waals surface area (Å²) in [5, 5.41) is 13.0. The maximum atomic E-state index is 13.6. The lowest BCUT2D eigenvalue weighted by atomic mass is 10.00. The van der Waals surface area contributed by atoms with Crippen molar-refractivity contribution in [3.63, 3.8) is 0 Å². The molecule has 0 aromatic heterocycles. The minimum Gasteiger partial charge on any atom is -0.494 e. The Morgan fingerprint density at radius 1 is 1.10 bits per heavy atom. The maximum Gasteiger partial charge on any atom is 0.417 e. The van der Waals surface area contributed by atoms with Crippen molar-refractivity contribution in [3.8, 4) is 11.8 Å². The smallest absolute Gasteiger partial charge is 0.417 e. The second-order valence-electron chi connectivity index (χ2n) is 11.1. The molecule has 0 aliphatic carbocycles. The molecule has 0 spiro atoms. The first-order valence-corrected chi connectivity index (χ1v) is 15.1. The molecule has 6 nitrogen and oxygen atoms in total. The monoisotopic (exact) mass is 602 g/mol. The molecular formula is C32H41F3N4O2S. The topological polar surface area (TPSA) is 68.6 Å². The first-order valence-electron chi connectivity index (χ1n) is 14.6. The van der Waals surface area contributed by atoms with E-state index in [1.54, 1.807) is 24.8 Å². The predicted molar refractivity (Wildman–Crippen MR) is 163 cm³/mol. The molecule has 2 aromatic rings. The second-order valence-corrected chi connectivity index (χ2v) is 11.5. The average Bonchev–Trinajstić information content (AvgIpc) is 3.13. The molecule has 0 bridgehead atoms. The number of carbonyl (C=O) groups is 1. The number of hydrogen-bond acceptors (Lipinski definition) is 5. The fourth-order valence-corrected chi connectivity index (χ4v) is 5.78. The Morgan fingerprint density at radius 3 is 2.43 bits per heavy atom. The van der Waals surface area contributed by atoms with Crippen molar-refractivity contribution in [3.05, 3.63) is 59.2 Å². The van der Waals surface area contributed by atoms with Gasteiger partial charge in [0.1, 0.15) is 11.3 Å². The number of nitrogens with one attached hydrogen (secondary N) is 1.